The van der Waals surface area contributed by atoms with E-state index in [9.17, 15) is 19.2 Å². The van der Waals surface area contributed by atoms with Gasteiger partial charge in [-0.15, -0.1) is 0 Å². The zero-order valence-electron chi connectivity index (χ0n) is 17.1. The van der Waals surface area contributed by atoms with Gasteiger partial charge in [0.15, 0.2) is 12.4 Å². The SMILES string of the molecule is CC(=O)OCC(=O)[C@@H]1CCCN1NC(=O)C1CCC=C1C(=O)NCc1ccccc1. The van der Waals surface area contributed by atoms with Gasteiger partial charge in [0.05, 0.1) is 12.0 Å². The van der Waals surface area contributed by atoms with E-state index in [2.05, 4.69) is 10.7 Å². The minimum Gasteiger partial charge on any atom is -0.458 e. The number of ketones is 1. The molecule has 2 amide bonds. The molecule has 2 atom stereocenters. The number of allylic oxidation sites excluding steroid dienone is 1. The predicted molar refractivity (Wildman–Crippen MR) is 109 cm³/mol. The molecule has 1 aliphatic heterocycles. The molecule has 1 saturated heterocycles. The van der Waals surface area contributed by atoms with Gasteiger partial charge in [-0.05, 0) is 31.2 Å². The number of hydrogen-bond donors (Lipinski definition) is 2. The van der Waals surface area contributed by atoms with E-state index in [1.165, 1.54) is 6.92 Å². The molecule has 0 bridgehead atoms. The van der Waals surface area contributed by atoms with E-state index >= 15 is 0 Å². The molecule has 0 saturated carbocycles. The first-order valence-electron chi connectivity index (χ1n) is 10.2. The number of nitrogens with zero attached hydrogens (tertiary/aromatic N) is 1. The first-order valence-corrected chi connectivity index (χ1v) is 10.2. The van der Waals surface area contributed by atoms with Crippen LogP contribution in [-0.4, -0.2) is 47.8 Å². The van der Waals surface area contributed by atoms with Crippen LogP contribution in [0.15, 0.2) is 42.0 Å². The molecule has 0 radical (unpaired) electrons. The van der Waals surface area contributed by atoms with Crippen LogP contribution >= 0.6 is 0 Å². The van der Waals surface area contributed by atoms with Crippen molar-refractivity contribution in [3.05, 3.63) is 47.5 Å². The number of ether oxygens (including phenoxy) is 1. The van der Waals surface area contributed by atoms with E-state index in [1.54, 1.807) is 11.1 Å². The summed E-state index contributed by atoms with van der Waals surface area (Å²) in [6, 6.07) is 9.05. The van der Waals surface area contributed by atoms with Crippen LogP contribution in [-0.2, 0) is 30.5 Å². The number of carbonyl (C=O) groups is 4. The minimum atomic E-state index is -0.550. The Kier molecular flexibility index (Phi) is 7.35. The number of carbonyl (C=O) groups excluding carboxylic acids is 4. The van der Waals surface area contributed by atoms with Gasteiger partial charge >= 0.3 is 5.97 Å². The van der Waals surface area contributed by atoms with Crippen molar-refractivity contribution in [2.24, 2.45) is 5.92 Å². The van der Waals surface area contributed by atoms with E-state index in [1.807, 2.05) is 30.3 Å². The van der Waals surface area contributed by atoms with Crippen molar-refractivity contribution < 1.29 is 23.9 Å². The highest BCUT2D eigenvalue weighted by molar-refractivity contribution is 6.00. The molecule has 1 unspecified atom stereocenters. The third kappa shape index (κ3) is 5.54. The maximum Gasteiger partial charge on any atom is 0.303 e. The molecule has 30 heavy (non-hydrogen) atoms. The van der Waals surface area contributed by atoms with Crippen LogP contribution in [0.2, 0.25) is 0 Å². The Hall–Kier alpha value is -3.00. The fraction of sp³-hybridized carbons (Fsp3) is 0.455. The summed E-state index contributed by atoms with van der Waals surface area (Å²) in [5.41, 5.74) is 4.26. The van der Waals surface area contributed by atoms with Crippen LogP contribution in [0.3, 0.4) is 0 Å². The molecule has 8 nitrogen and oxygen atoms in total. The third-order valence-electron chi connectivity index (χ3n) is 5.37. The Balaban J connectivity index is 1.55. The summed E-state index contributed by atoms with van der Waals surface area (Å²) in [7, 11) is 0. The highest BCUT2D eigenvalue weighted by Gasteiger charge is 2.36. The van der Waals surface area contributed by atoms with E-state index in [0.717, 1.165) is 12.0 Å². The standard InChI is InChI=1S/C22H27N3O5/c1-15(26)30-14-20(27)19-11-6-12-25(19)24-22(29)18-10-5-9-17(18)21(28)23-13-16-7-3-2-4-8-16/h2-4,7-9,18-19H,5-6,10-14H2,1H3,(H,23,28)(H,24,29)/t18?,19-/m0/s1. The summed E-state index contributed by atoms with van der Waals surface area (Å²) in [4.78, 5) is 48.7. The fourth-order valence-electron chi connectivity index (χ4n) is 3.83. The van der Waals surface area contributed by atoms with Crippen LogP contribution in [0.25, 0.3) is 0 Å². The normalized spacial score (nSPS) is 21.0. The van der Waals surface area contributed by atoms with Gasteiger partial charge in [-0.25, -0.2) is 5.01 Å². The Morgan fingerprint density at radius 2 is 1.90 bits per heavy atom. The van der Waals surface area contributed by atoms with E-state index in [4.69, 9.17) is 4.74 Å². The van der Waals surface area contributed by atoms with Crippen molar-refractivity contribution in [1.82, 2.24) is 15.8 Å². The summed E-state index contributed by atoms with van der Waals surface area (Å²) in [6.45, 7) is 1.87. The van der Waals surface area contributed by atoms with Crippen molar-refractivity contribution in [2.75, 3.05) is 13.2 Å². The Bertz CT molecular complexity index is 836. The van der Waals surface area contributed by atoms with Gasteiger partial charge in [-0.1, -0.05) is 36.4 Å². The summed E-state index contributed by atoms with van der Waals surface area (Å²) in [5, 5.41) is 4.47. The van der Waals surface area contributed by atoms with Crippen LogP contribution in [0, 0.1) is 5.92 Å². The van der Waals surface area contributed by atoms with Crippen molar-refractivity contribution in [3.8, 4) is 0 Å². The fourth-order valence-corrected chi connectivity index (χ4v) is 3.83. The number of hydrazine groups is 1. The molecule has 1 heterocycles. The van der Waals surface area contributed by atoms with E-state index < -0.39 is 17.9 Å². The van der Waals surface area contributed by atoms with Crippen molar-refractivity contribution >= 4 is 23.6 Å². The molecule has 1 fully saturated rings. The minimum absolute atomic E-state index is 0.245. The van der Waals surface area contributed by atoms with Crippen LogP contribution in [0.5, 0.6) is 0 Å². The van der Waals surface area contributed by atoms with Crippen LogP contribution < -0.4 is 10.7 Å². The average molecular weight is 413 g/mol. The summed E-state index contributed by atoms with van der Waals surface area (Å²) in [5.74, 6) is -1.85. The summed E-state index contributed by atoms with van der Waals surface area (Å²) in [6.07, 6.45) is 4.35. The molecule has 2 N–H and O–H groups in total. The Morgan fingerprint density at radius 3 is 2.63 bits per heavy atom. The second-order valence-electron chi connectivity index (χ2n) is 7.53. The number of amides is 2. The summed E-state index contributed by atoms with van der Waals surface area (Å²) >= 11 is 0. The number of Topliss-reactive ketones (excluding diaryl/α,β-unsaturated/α-hetero) is 1. The number of nitrogens with one attached hydrogen (secondary N) is 2. The van der Waals surface area contributed by atoms with E-state index in [-0.39, 0.29) is 24.2 Å². The van der Waals surface area contributed by atoms with Gasteiger partial charge in [0.25, 0.3) is 0 Å². The molecule has 2 aliphatic rings. The van der Waals surface area contributed by atoms with Gasteiger partial charge in [0.2, 0.25) is 11.8 Å². The highest BCUT2D eigenvalue weighted by atomic mass is 16.5. The van der Waals surface area contributed by atoms with Gasteiger partial charge in [-0.3, -0.25) is 24.6 Å². The lowest BCUT2D eigenvalue weighted by Gasteiger charge is -2.26. The Morgan fingerprint density at radius 1 is 1.13 bits per heavy atom. The monoisotopic (exact) mass is 413 g/mol. The second-order valence-corrected chi connectivity index (χ2v) is 7.53. The first-order chi connectivity index (χ1) is 14.5. The second kappa shape index (κ2) is 10.2. The average Bonchev–Trinajstić information content (AvgIpc) is 3.40. The lowest BCUT2D eigenvalue weighted by atomic mass is 10.00. The smallest absolute Gasteiger partial charge is 0.303 e. The molecular weight excluding hydrogens is 386 g/mol. The molecule has 3 rings (SSSR count). The van der Waals surface area contributed by atoms with Gasteiger partial charge in [0, 0.05) is 25.6 Å². The molecule has 8 heteroatoms. The van der Waals surface area contributed by atoms with Gasteiger partial charge in [-0.2, -0.15) is 0 Å². The summed E-state index contributed by atoms with van der Waals surface area (Å²) < 4.78 is 4.79. The van der Waals surface area contributed by atoms with Gasteiger partial charge in [0.1, 0.15) is 0 Å². The van der Waals surface area contributed by atoms with Crippen molar-refractivity contribution in [3.63, 3.8) is 0 Å². The van der Waals surface area contributed by atoms with Gasteiger partial charge < -0.3 is 10.1 Å². The largest absolute Gasteiger partial charge is 0.458 e. The third-order valence-corrected chi connectivity index (χ3v) is 5.37. The molecule has 0 aromatic heterocycles. The molecule has 1 aromatic carbocycles. The predicted octanol–water partition coefficient (Wildman–Crippen LogP) is 1.27. The molecule has 0 spiro atoms. The zero-order chi connectivity index (χ0) is 21.5. The van der Waals surface area contributed by atoms with Crippen molar-refractivity contribution in [1.29, 1.82) is 0 Å². The molecule has 1 aliphatic carbocycles. The number of esters is 1. The lowest BCUT2D eigenvalue weighted by Crippen LogP contribution is -2.51. The molecule has 1 aromatic rings. The topological polar surface area (TPSA) is 105 Å². The van der Waals surface area contributed by atoms with Crippen LogP contribution in [0.1, 0.15) is 38.2 Å². The Labute approximate surface area is 175 Å². The van der Waals surface area contributed by atoms with Crippen LogP contribution in [0.4, 0.5) is 0 Å². The maximum atomic E-state index is 12.9. The lowest BCUT2D eigenvalue weighted by molar-refractivity contribution is -0.148. The quantitative estimate of drug-likeness (QED) is 0.622. The van der Waals surface area contributed by atoms with Crippen molar-refractivity contribution in [2.45, 2.75) is 45.2 Å². The number of benzene rings is 1. The number of rotatable bonds is 8. The first kappa shape index (κ1) is 21.7. The van der Waals surface area contributed by atoms with E-state index in [0.29, 0.717) is 37.9 Å². The molecule has 160 valence electrons. The highest BCUT2D eigenvalue weighted by Crippen LogP contribution is 2.27. The number of hydrogen-bond acceptors (Lipinski definition) is 6. The zero-order valence-corrected chi connectivity index (χ0v) is 17.1. The molecular formula is C22H27N3O5. The maximum absolute atomic E-state index is 12.9.